The Morgan fingerprint density at radius 3 is 2.73 bits per heavy atom. The van der Waals surface area contributed by atoms with Crippen molar-refractivity contribution in [3.05, 3.63) is 71.8 Å². The number of dihydropyridines is 1. The molecule has 0 radical (unpaired) electrons. The normalized spacial score (nSPS) is 30.9. The maximum atomic E-state index is 13.4. The van der Waals surface area contributed by atoms with Crippen LogP contribution in [0.3, 0.4) is 0 Å². The van der Waals surface area contributed by atoms with Crippen molar-refractivity contribution in [2.75, 3.05) is 0 Å². The Bertz CT molecular complexity index is 479. The van der Waals surface area contributed by atoms with Gasteiger partial charge in [-0.1, -0.05) is 30.4 Å². The minimum atomic E-state index is -0.484. The Labute approximate surface area is 87.7 Å². The van der Waals surface area contributed by atoms with Crippen molar-refractivity contribution in [2.45, 2.75) is 5.54 Å². The fraction of sp³-hybridized carbons (Fsp3) is 0.0769. The van der Waals surface area contributed by atoms with Crippen molar-refractivity contribution in [1.29, 1.82) is 0 Å². The van der Waals surface area contributed by atoms with Gasteiger partial charge in [-0.05, 0) is 35.6 Å². The van der Waals surface area contributed by atoms with Crippen LogP contribution in [0, 0.1) is 0 Å². The number of allylic oxidation sites excluding steroid dienone is 6. The van der Waals surface area contributed by atoms with Crippen LogP contribution in [-0.2, 0) is 0 Å². The van der Waals surface area contributed by atoms with Crippen LogP contribution >= 0.6 is 0 Å². The first-order valence-corrected chi connectivity index (χ1v) is 4.92. The average molecular weight is 199 g/mol. The molecule has 1 N–H and O–H groups in total. The van der Waals surface area contributed by atoms with Crippen LogP contribution in [0.25, 0.3) is 0 Å². The Hall–Kier alpha value is -1.83. The lowest BCUT2D eigenvalue weighted by molar-refractivity contribution is 0.575. The topological polar surface area (TPSA) is 12.0 Å². The van der Waals surface area contributed by atoms with E-state index in [0.29, 0.717) is 0 Å². The van der Waals surface area contributed by atoms with Crippen molar-refractivity contribution < 1.29 is 4.39 Å². The zero-order valence-corrected chi connectivity index (χ0v) is 8.07. The molecule has 2 heteroatoms. The molecule has 3 aliphatic rings. The summed E-state index contributed by atoms with van der Waals surface area (Å²) in [7, 11) is 0. The molecule has 74 valence electrons. The first-order chi connectivity index (χ1) is 7.31. The molecule has 0 saturated heterocycles. The second-order valence-corrected chi connectivity index (χ2v) is 3.78. The van der Waals surface area contributed by atoms with E-state index in [1.807, 2.05) is 42.7 Å². The summed E-state index contributed by atoms with van der Waals surface area (Å²) in [4.78, 5) is 0. The second kappa shape index (κ2) is 2.83. The highest BCUT2D eigenvalue weighted by molar-refractivity contribution is 5.61. The molecule has 1 aliphatic heterocycles. The van der Waals surface area contributed by atoms with Crippen LogP contribution in [0.2, 0.25) is 0 Å². The number of hydrogen-bond acceptors (Lipinski definition) is 1. The van der Waals surface area contributed by atoms with E-state index >= 15 is 0 Å². The largest absolute Gasteiger partial charge is 0.374 e. The molecule has 1 unspecified atom stereocenters. The molecule has 0 fully saturated rings. The minimum Gasteiger partial charge on any atom is -0.374 e. The maximum absolute atomic E-state index is 13.4. The minimum absolute atomic E-state index is 0.198. The van der Waals surface area contributed by atoms with Crippen molar-refractivity contribution in [3.8, 4) is 0 Å². The molecule has 0 aromatic heterocycles. The molecule has 1 spiro atoms. The van der Waals surface area contributed by atoms with Gasteiger partial charge in [0, 0.05) is 0 Å². The van der Waals surface area contributed by atoms with Crippen LogP contribution < -0.4 is 5.32 Å². The zero-order chi connectivity index (χ0) is 10.3. The molecule has 1 heterocycles. The highest BCUT2D eigenvalue weighted by Crippen LogP contribution is 2.38. The number of hydrogen-bond donors (Lipinski definition) is 1. The molecular weight excluding hydrogens is 189 g/mol. The highest BCUT2D eigenvalue weighted by Gasteiger charge is 2.37. The lowest BCUT2D eigenvalue weighted by Crippen LogP contribution is -2.46. The molecule has 0 aromatic carbocycles. The Morgan fingerprint density at radius 2 is 1.80 bits per heavy atom. The molecule has 0 bridgehead atoms. The first-order valence-electron chi connectivity index (χ1n) is 4.92. The zero-order valence-electron chi connectivity index (χ0n) is 8.07. The molecule has 0 saturated carbocycles. The van der Waals surface area contributed by atoms with E-state index in [4.69, 9.17) is 0 Å². The van der Waals surface area contributed by atoms with E-state index in [2.05, 4.69) is 5.32 Å². The van der Waals surface area contributed by atoms with E-state index in [1.54, 1.807) is 6.08 Å². The summed E-state index contributed by atoms with van der Waals surface area (Å²) in [5.41, 5.74) is 1.66. The van der Waals surface area contributed by atoms with Crippen molar-refractivity contribution >= 4 is 0 Å². The van der Waals surface area contributed by atoms with Crippen molar-refractivity contribution in [2.24, 2.45) is 0 Å². The average Bonchev–Trinajstić information content (AvgIpc) is 2.26. The fourth-order valence-electron chi connectivity index (χ4n) is 2.19. The van der Waals surface area contributed by atoms with Crippen LogP contribution in [0.1, 0.15) is 0 Å². The van der Waals surface area contributed by atoms with Gasteiger partial charge in [0.25, 0.3) is 0 Å². The smallest absolute Gasteiger partial charge is 0.122 e. The summed E-state index contributed by atoms with van der Waals surface area (Å²) in [6.07, 6.45) is 16.7. The lowest BCUT2D eigenvalue weighted by Gasteiger charge is -2.39. The van der Waals surface area contributed by atoms with Crippen LogP contribution in [0.15, 0.2) is 71.8 Å². The first kappa shape index (κ1) is 8.48. The van der Waals surface area contributed by atoms with E-state index in [9.17, 15) is 4.39 Å². The van der Waals surface area contributed by atoms with Gasteiger partial charge in [-0.25, -0.2) is 4.39 Å². The summed E-state index contributed by atoms with van der Waals surface area (Å²) in [6, 6.07) is 0. The number of nitrogens with one attached hydrogen (secondary N) is 1. The molecular formula is C13H10FN. The Morgan fingerprint density at radius 1 is 1.00 bits per heavy atom. The molecule has 0 aromatic rings. The van der Waals surface area contributed by atoms with Gasteiger partial charge in [0.15, 0.2) is 0 Å². The SMILES string of the molecule is FC1=CC23NC=CC=C2C=CC=C3C=C1. The Balaban J connectivity index is 2.22. The summed E-state index contributed by atoms with van der Waals surface area (Å²) in [5.74, 6) is -0.198. The van der Waals surface area contributed by atoms with E-state index in [1.165, 1.54) is 6.08 Å². The third kappa shape index (κ3) is 1.08. The summed E-state index contributed by atoms with van der Waals surface area (Å²) < 4.78 is 13.4. The summed E-state index contributed by atoms with van der Waals surface area (Å²) in [5, 5.41) is 3.23. The number of halogens is 1. The fourth-order valence-corrected chi connectivity index (χ4v) is 2.19. The molecule has 0 amide bonds. The van der Waals surface area contributed by atoms with Gasteiger partial charge in [-0.2, -0.15) is 0 Å². The molecule has 2 aliphatic carbocycles. The standard InChI is InChI=1S/C13H10FN/c14-12-7-6-11-4-1-3-10-5-2-8-15-13(10,11)9-12/h1-9,15H. The van der Waals surface area contributed by atoms with Crippen LogP contribution in [0.4, 0.5) is 4.39 Å². The van der Waals surface area contributed by atoms with E-state index in [0.717, 1.165) is 11.1 Å². The maximum Gasteiger partial charge on any atom is 0.122 e. The van der Waals surface area contributed by atoms with Crippen LogP contribution in [-0.4, -0.2) is 5.54 Å². The molecule has 3 rings (SSSR count). The highest BCUT2D eigenvalue weighted by atomic mass is 19.1. The van der Waals surface area contributed by atoms with Gasteiger partial charge in [-0.3, -0.25) is 0 Å². The molecule has 15 heavy (non-hydrogen) atoms. The van der Waals surface area contributed by atoms with Gasteiger partial charge >= 0.3 is 0 Å². The summed E-state index contributed by atoms with van der Waals surface area (Å²) >= 11 is 0. The van der Waals surface area contributed by atoms with Gasteiger partial charge in [-0.15, -0.1) is 0 Å². The van der Waals surface area contributed by atoms with E-state index < -0.39 is 5.54 Å². The molecule has 1 nitrogen and oxygen atoms in total. The quantitative estimate of drug-likeness (QED) is 0.632. The number of rotatable bonds is 0. The second-order valence-electron chi connectivity index (χ2n) is 3.78. The van der Waals surface area contributed by atoms with E-state index in [-0.39, 0.29) is 5.83 Å². The van der Waals surface area contributed by atoms with Gasteiger partial charge < -0.3 is 5.32 Å². The van der Waals surface area contributed by atoms with Gasteiger partial charge in [0.05, 0.1) is 0 Å². The van der Waals surface area contributed by atoms with Gasteiger partial charge in [0.2, 0.25) is 0 Å². The van der Waals surface area contributed by atoms with Gasteiger partial charge in [0.1, 0.15) is 11.4 Å². The van der Waals surface area contributed by atoms with Crippen molar-refractivity contribution in [1.82, 2.24) is 5.32 Å². The monoisotopic (exact) mass is 199 g/mol. The predicted molar refractivity (Wildman–Crippen MR) is 58.6 cm³/mol. The third-order valence-corrected chi connectivity index (χ3v) is 2.92. The lowest BCUT2D eigenvalue weighted by atomic mass is 9.75. The molecule has 1 atom stereocenters. The van der Waals surface area contributed by atoms with Crippen LogP contribution in [0.5, 0.6) is 0 Å². The summed E-state index contributed by atoms with van der Waals surface area (Å²) in [6.45, 7) is 0. The third-order valence-electron chi connectivity index (χ3n) is 2.92. The van der Waals surface area contributed by atoms with Crippen molar-refractivity contribution in [3.63, 3.8) is 0 Å². The Kier molecular flexibility index (Phi) is 1.60. The predicted octanol–water partition coefficient (Wildman–Crippen LogP) is 2.69.